The molecule has 1 N–H and O–H groups in total. The second kappa shape index (κ2) is 12.7. The fourth-order valence-electron chi connectivity index (χ4n) is 5.90. The Bertz CT molecular complexity index is 557. The van der Waals surface area contributed by atoms with Gasteiger partial charge < -0.3 is 5.11 Å². The molecule has 4 heteroatoms. The number of rotatable bonds is 4. The van der Waals surface area contributed by atoms with Crippen molar-refractivity contribution in [3.63, 3.8) is 0 Å². The summed E-state index contributed by atoms with van der Waals surface area (Å²) in [4.78, 5) is 10.3. The molecule has 1 aromatic rings. The monoisotopic (exact) mass is 569 g/mol. The van der Waals surface area contributed by atoms with Crippen LogP contribution < -0.4 is 0 Å². The van der Waals surface area contributed by atoms with E-state index >= 15 is 0 Å². The molecular formula is C25H38BrO2Sn. The van der Waals surface area contributed by atoms with Crippen LogP contribution >= 0.6 is 15.9 Å². The van der Waals surface area contributed by atoms with Gasteiger partial charge in [-0.2, -0.15) is 0 Å². The maximum Gasteiger partial charge on any atom is 0.335 e. The normalized spacial score (nSPS) is 22.1. The minimum absolute atomic E-state index is 0.309. The molecule has 3 fully saturated rings. The van der Waals surface area contributed by atoms with E-state index in [1.165, 1.54) is 11.8 Å². The molecule has 3 aliphatic carbocycles. The van der Waals surface area contributed by atoms with Gasteiger partial charge in [0.15, 0.2) is 0 Å². The molecule has 4 rings (SSSR count). The molecule has 0 atom stereocenters. The number of hydrogen-bond donors (Lipinski definition) is 1. The summed E-state index contributed by atoms with van der Waals surface area (Å²) in [7, 11) is 0. The summed E-state index contributed by atoms with van der Waals surface area (Å²) >= 11 is 2.05. The quantitative estimate of drug-likeness (QED) is 0.369. The summed E-state index contributed by atoms with van der Waals surface area (Å²) in [6.07, 6.45) is 24.2. The van der Waals surface area contributed by atoms with Crippen LogP contribution in [0, 0.1) is 0 Å². The van der Waals surface area contributed by atoms with Gasteiger partial charge in [-0.25, -0.2) is 4.79 Å². The molecule has 3 aliphatic rings. The zero-order valence-corrected chi connectivity index (χ0v) is 22.3. The number of aromatic carboxylic acids is 1. The van der Waals surface area contributed by atoms with Gasteiger partial charge in [0.25, 0.3) is 0 Å². The molecule has 0 spiro atoms. The Labute approximate surface area is 193 Å². The average Bonchev–Trinajstić information content (AvgIpc) is 2.77. The molecule has 0 saturated heterocycles. The van der Waals surface area contributed by atoms with E-state index in [9.17, 15) is 4.79 Å². The van der Waals surface area contributed by atoms with E-state index < -0.39 is 25.7 Å². The van der Waals surface area contributed by atoms with Crippen LogP contribution in [0.4, 0.5) is 0 Å². The summed E-state index contributed by atoms with van der Waals surface area (Å²) in [5.41, 5.74) is 0.309. The van der Waals surface area contributed by atoms with Crippen LogP contribution in [0.3, 0.4) is 0 Å². The molecule has 1 radical (unpaired) electrons. The first-order valence-electron chi connectivity index (χ1n) is 12.0. The van der Waals surface area contributed by atoms with Crippen LogP contribution in [0.25, 0.3) is 0 Å². The summed E-state index contributed by atoms with van der Waals surface area (Å²) in [5.74, 6) is -0.896. The maximum absolute atomic E-state index is 10.3. The molecule has 0 unspecified atom stereocenters. The van der Waals surface area contributed by atoms with Crippen molar-refractivity contribution in [2.45, 2.75) is 108 Å². The van der Waals surface area contributed by atoms with Crippen LogP contribution in [-0.4, -0.2) is 30.8 Å². The van der Waals surface area contributed by atoms with Gasteiger partial charge in [-0.1, -0.05) is 15.9 Å². The van der Waals surface area contributed by atoms with Crippen molar-refractivity contribution in [2.24, 2.45) is 0 Å². The molecule has 0 amide bonds. The molecule has 0 heterocycles. The predicted octanol–water partition coefficient (Wildman–Crippen LogP) is 8.63. The first-order chi connectivity index (χ1) is 14.1. The van der Waals surface area contributed by atoms with Crippen LogP contribution in [-0.2, 0) is 0 Å². The molecule has 3 saturated carbocycles. The van der Waals surface area contributed by atoms with Crippen molar-refractivity contribution < 1.29 is 9.90 Å². The number of carboxylic acids is 1. The summed E-state index contributed by atoms with van der Waals surface area (Å²) in [6.45, 7) is 0. The number of carbonyl (C=O) groups is 1. The van der Waals surface area contributed by atoms with Gasteiger partial charge in [0.1, 0.15) is 0 Å². The van der Waals surface area contributed by atoms with Crippen molar-refractivity contribution in [2.75, 3.05) is 0 Å². The van der Waals surface area contributed by atoms with E-state index in [0.29, 0.717) is 5.56 Å². The number of benzene rings is 1. The van der Waals surface area contributed by atoms with E-state index in [1.54, 1.807) is 121 Å². The summed E-state index contributed by atoms with van der Waals surface area (Å²) in [5, 5.41) is 8.46. The third-order valence-corrected chi connectivity index (χ3v) is 20.9. The Kier molecular flexibility index (Phi) is 10.4. The molecule has 161 valence electrons. The molecule has 0 bridgehead atoms. The third kappa shape index (κ3) is 7.55. The first kappa shape index (κ1) is 23.6. The van der Waals surface area contributed by atoms with Gasteiger partial charge in [0, 0.05) is 4.47 Å². The van der Waals surface area contributed by atoms with Gasteiger partial charge >= 0.3 is 134 Å². The maximum atomic E-state index is 10.3. The molecule has 29 heavy (non-hydrogen) atoms. The van der Waals surface area contributed by atoms with E-state index in [1.807, 2.05) is 0 Å². The Balaban J connectivity index is 0.000000204. The minimum Gasteiger partial charge on any atom is -0.478 e. The first-order valence-corrected chi connectivity index (χ1v) is 17.7. The van der Waals surface area contributed by atoms with Crippen molar-refractivity contribution >= 4 is 41.7 Å². The van der Waals surface area contributed by atoms with Crippen LogP contribution in [0.15, 0.2) is 28.7 Å². The van der Waals surface area contributed by atoms with E-state index in [2.05, 4.69) is 15.9 Å². The van der Waals surface area contributed by atoms with Crippen molar-refractivity contribution in [1.82, 2.24) is 0 Å². The SMILES string of the molecule is C1CC[CH]([Sn]([CH]2CCCCC2)[CH]2CCCCC2)CC1.O=C(O)c1ccc(Br)cc1. The van der Waals surface area contributed by atoms with Crippen molar-refractivity contribution in [3.05, 3.63) is 34.3 Å². The Hall–Kier alpha value is -0.0313. The summed E-state index contributed by atoms with van der Waals surface area (Å²) in [6, 6.07) is 6.49. The number of halogens is 1. The van der Waals surface area contributed by atoms with E-state index in [4.69, 9.17) is 5.11 Å². The second-order valence-electron chi connectivity index (χ2n) is 9.32. The smallest absolute Gasteiger partial charge is 0.335 e. The van der Waals surface area contributed by atoms with Gasteiger partial charge in [-0.05, 0) is 24.3 Å². The topological polar surface area (TPSA) is 37.3 Å². The van der Waals surface area contributed by atoms with Crippen molar-refractivity contribution in [1.29, 1.82) is 0 Å². The van der Waals surface area contributed by atoms with Crippen LogP contribution in [0.1, 0.15) is 107 Å². The molecule has 0 aliphatic heterocycles. The van der Waals surface area contributed by atoms with Gasteiger partial charge in [-0.15, -0.1) is 0 Å². The zero-order chi connectivity index (χ0) is 20.5. The predicted molar refractivity (Wildman–Crippen MR) is 127 cm³/mol. The van der Waals surface area contributed by atoms with Gasteiger partial charge in [-0.3, -0.25) is 0 Å². The minimum atomic E-state index is -1.15. The molecular weight excluding hydrogens is 531 g/mol. The fraction of sp³-hybridized carbons (Fsp3) is 0.720. The number of carboxylic acid groups (broad SMARTS) is 1. The van der Waals surface area contributed by atoms with Crippen molar-refractivity contribution in [3.8, 4) is 0 Å². The standard InChI is InChI=1S/C7H5BrO2.3C6H11.Sn/c8-6-3-1-5(2-4-6)7(9)10;3*1-2-4-6-5-3-1;/h1-4H,(H,9,10);3*1H,2-6H2;. The van der Waals surface area contributed by atoms with Crippen LogP contribution in [0.2, 0.25) is 11.8 Å². The van der Waals surface area contributed by atoms with Crippen LogP contribution in [0.5, 0.6) is 0 Å². The Morgan fingerprint density at radius 1 is 0.690 bits per heavy atom. The van der Waals surface area contributed by atoms with Gasteiger partial charge in [0.2, 0.25) is 0 Å². The second-order valence-corrected chi connectivity index (χ2v) is 20.1. The average molecular weight is 569 g/mol. The Morgan fingerprint density at radius 3 is 1.34 bits per heavy atom. The van der Waals surface area contributed by atoms with E-state index in [0.717, 1.165) is 4.47 Å². The zero-order valence-electron chi connectivity index (χ0n) is 17.9. The molecule has 0 aromatic heterocycles. The third-order valence-electron chi connectivity index (χ3n) is 7.32. The number of hydrogen-bond acceptors (Lipinski definition) is 1. The fourth-order valence-corrected chi connectivity index (χ4v) is 21.1. The molecule has 2 nitrogen and oxygen atoms in total. The summed E-state index contributed by atoms with van der Waals surface area (Å²) < 4.78 is 4.85. The Morgan fingerprint density at radius 2 is 1.03 bits per heavy atom. The van der Waals surface area contributed by atoms with E-state index in [-0.39, 0.29) is 0 Å². The largest absolute Gasteiger partial charge is 0.478 e. The molecule has 1 aromatic carbocycles. The van der Waals surface area contributed by atoms with Gasteiger partial charge in [0.05, 0.1) is 5.56 Å².